The zero-order valence-electron chi connectivity index (χ0n) is 40.2. The molecule has 1 aromatic carbocycles. The van der Waals surface area contributed by atoms with Gasteiger partial charge in [-0.05, 0) is 43.4 Å². The lowest BCUT2D eigenvalue weighted by molar-refractivity contribution is -0.373. The van der Waals surface area contributed by atoms with Crippen LogP contribution in [0.3, 0.4) is 0 Å². The summed E-state index contributed by atoms with van der Waals surface area (Å²) in [7, 11) is 0. The highest BCUT2D eigenvalue weighted by atomic mass is 16.7. The lowest BCUT2D eigenvalue weighted by atomic mass is 9.92. The Kier molecular flexibility index (Phi) is 32.2. The Morgan fingerprint density at radius 2 is 1.12 bits per heavy atom. The van der Waals surface area contributed by atoms with E-state index in [4.69, 9.17) is 18.9 Å². The summed E-state index contributed by atoms with van der Waals surface area (Å²) in [5, 5.41) is 45.4. The van der Waals surface area contributed by atoms with Crippen molar-refractivity contribution in [2.45, 2.75) is 198 Å². The number of aliphatic hydroxyl groups excluding tert-OH is 3. The van der Waals surface area contributed by atoms with Gasteiger partial charge in [-0.2, -0.15) is 0 Å². The molecule has 370 valence electrons. The van der Waals surface area contributed by atoms with E-state index in [2.05, 4.69) is 31.3 Å². The summed E-state index contributed by atoms with van der Waals surface area (Å²) < 4.78 is 23.1. The van der Waals surface area contributed by atoms with E-state index in [1.807, 2.05) is 24.3 Å². The first-order chi connectivity index (χ1) is 32.0. The van der Waals surface area contributed by atoms with Crippen LogP contribution in [-0.2, 0) is 39.8 Å². The van der Waals surface area contributed by atoms with Crippen LogP contribution in [0, 0.1) is 0 Å². The average molecular weight is 922 g/mol. The third kappa shape index (κ3) is 26.1. The monoisotopic (exact) mass is 922 g/mol. The van der Waals surface area contributed by atoms with Crippen molar-refractivity contribution in [2.75, 3.05) is 13.2 Å². The van der Waals surface area contributed by atoms with Crippen molar-refractivity contribution >= 4 is 17.8 Å². The van der Waals surface area contributed by atoms with Crippen molar-refractivity contribution in [2.24, 2.45) is 0 Å². The van der Waals surface area contributed by atoms with Gasteiger partial charge in [0.2, 0.25) is 5.91 Å². The van der Waals surface area contributed by atoms with E-state index in [9.17, 15) is 34.8 Å². The number of hydrogen-bond donors (Lipinski definition) is 5. The lowest BCUT2D eigenvalue weighted by Gasteiger charge is -2.48. The van der Waals surface area contributed by atoms with Crippen LogP contribution in [-0.4, -0.2) is 87.9 Å². The Balaban J connectivity index is 2.06. The fraction of sp³-hybridized carbons (Fsp3) is 0.611. The minimum Gasteiger partial charge on any atom is -0.508 e. The highest BCUT2D eigenvalue weighted by molar-refractivity contribution is 5.83. The number of esters is 2. The number of benzene rings is 1. The summed E-state index contributed by atoms with van der Waals surface area (Å²) in [6.07, 6.45) is 37.5. The van der Waals surface area contributed by atoms with Crippen LogP contribution in [0.15, 0.2) is 97.2 Å². The molecule has 1 aliphatic rings. The van der Waals surface area contributed by atoms with Crippen LogP contribution in [0.5, 0.6) is 5.75 Å². The molecule has 0 aliphatic carbocycles. The van der Waals surface area contributed by atoms with Gasteiger partial charge in [0.25, 0.3) is 5.91 Å². The second kappa shape index (κ2) is 36.7. The van der Waals surface area contributed by atoms with E-state index in [1.54, 1.807) is 31.2 Å². The first kappa shape index (κ1) is 57.8. The molecule has 5 N–H and O–H groups in total. The van der Waals surface area contributed by atoms with Crippen molar-refractivity contribution in [1.29, 1.82) is 0 Å². The fourth-order valence-corrected chi connectivity index (χ4v) is 7.34. The number of carbonyl (C=O) groups excluding carboxylic acids is 3. The number of phenolic OH excluding ortho intramolecular Hbond substituents is 1. The minimum atomic E-state index is -2.41. The summed E-state index contributed by atoms with van der Waals surface area (Å²) in [4.78, 5) is 38.6. The molecule has 0 radical (unpaired) electrons. The van der Waals surface area contributed by atoms with Crippen molar-refractivity contribution in [1.82, 2.24) is 5.32 Å². The summed E-state index contributed by atoms with van der Waals surface area (Å²) in [5.41, 5.74) is 0.609. The smallest absolute Gasteiger partial charge is 0.331 e. The molecule has 1 aliphatic heterocycles. The number of nitrogens with one attached hydrogen (secondary N) is 1. The van der Waals surface area contributed by atoms with Gasteiger partial charge in [0.05, 0.1) is 12.7 Å². The Hall–Kier alpha value is -4.33. The largest absolute Gasteiger partial charge is 0.508 e. The normalized spacial score (nSPS) is 20.7. The number of hydrogen-bond acceptors (Lipinski definition) is 11. The van der Waals surface area contributed by atoms with E-state index < -0.39 is 67.5 Å². The maximum absolute atomic E-state index is 13.0. The number of rotatable bonds is 36. The lowest BCUT2D eigenvalue weighted by Crippen LogP contribution is -2.72. The molecule has 66 heavy (non-hydrogen) atoms. The molecule has 12 heteroatoms. The zero-order chi connectivity index (χ0) is 48.1. The van der Waals surface area contributed by atoms with Gasteiger partial charge in [-0.25, -0.2) is 9.59 Å². The Morgan fingerprint density at radius 3 is 1.64 bits per heavy atom. The Labute approximate surface area is 395 Å². The van der Waals surface area contributed by atoms with Crippen LogP contribution < -0.4 is 5.32 Å². The molecule has 6 atom stereocenters. The van der Waals surface area contributed by atoms with Gasteiger partial charge in [-0.15, -0.1) is 0 Å². The number of aromatic hydroxyl groups is 1. The van der Waals surface area contributed by atoms with Crippen LogP contribution in [0.4, 0.5) is 0 Å². The number of aliphatic hydroxyl groups is 3. The molecule has 0 bridgehead atoms. The summed E-state index contributed by atoms with van der Waals surface area (Å²) >= 11 is 0. The molecule has 0 saturated carbocycles. The predicted octanol–water partition coefficient (Wildman–Crippen LogP) is 10.2. The van der Waals surface area contributed by atoms with Crippen molar-refractivity contribution in [3.63, 3.8) is 0 Å². The van der Waals surface area contributed by atoms with Crippen molar-refractivity contribution < 1.29 is 53.8 Å². The highest BCUT2D eigenvalue weighted by Gasteiger charge is 2.56. The maximum atomic E-state index is 13.0. The van der Waals surface area contributed by atoms with Crippen LogP contribution >= 0.6 is 0 Å². The van der Waals surface area contributed by atoms with Gasteiger partial charge in [0.15, 0.2) is 12.2 Å². The molecule has 1 fully saturated rings. The van der Waals surface area contributed by atoms with Gasteiger partial charge in [0.1, 0.15) is 24.6 Å². The predicted molar refractivity (Wildman–Crippen MR) is 261 cm³/mol. The third-order valence-electron chi connectivity index (χ3n) is 11.3. The second-order valence-electron chi connectivity index (χ2n) is 17.1. The number of allylic oxidation sites excluding steroid dienone is 10. The number of amides is 1. The third-order valence-corrected chi connectivity index (χ3v) is 11.3. The van der Waals surface area contributed by atoms with E-state index in [1.165, 1.54) is 139 Å². The quantitative estimate of drug-likeness (QED) is 0.0142. The molecule has 1 heterocycles. The molecule has 2 rings (SSSR count). The van der Waals surface area contributed by atoms with E-state index in [-0.39, 0.29) is 18.6 Å². The van der Waals surface area contributed by atoms with Gasteiger partial charge >= 0.3 is 11.9 Å². The highest BCUT2D eigenvalue weighted by Crippen LogP contribution is 2.32. The molecular weight excluding hydrogens is 839 g/mol. The molecule has 1 saturated heterocycles. The van der Waals surface area contributed by atoms with Crippen molar-refractivity contribution in [3.05, 3.63) is 103 Å². The fourth-order valence-electron chi connectivity index (χ4n) is 7.34. The summed E-state index contributed by atoms with van der Waals surface area (Å²) in [6.45, 7) is 4.98. The maximum Gasteiger partial charge on any atom is 0.331 e. The topological polar surface area (TPSA) is 181 Å². The van der Waals surface area contributed by atoms with Gasteiger partial charge in [-0.3, -0.25) is 4.79 Å². The Bertz CT molecular complexity index is 1630. The average Bonchev–Trinajstić information content (AvgIpc) is 3.31. The van der Waals surface area contributed by atoms with Crippen LogP contribution in [0.1, 0.15) is 161 Å². The summed E-state index contributed by atoms with van der Waals surface area (Å²) in [5.74, 6) is -4.51. The number of phenols is 1. The zero-order valence-corrected chi connectivity index (χ0v) is 40.2. The van der Waals surface area contributed by atoms with Gasteiger partial charge in [0, 0.05) is 25.0 Å². The Morgan fingerprint density at radius 1 is 0.636 bits per heavy atom. The summed E-state index contributed by atoms with van der Waals surface area (Å²) in [6, 6.07) is 6.08. The molecule has 0 spiro atoms. The van der Waals surface area contributed by atoms with Crippen LogP contribution in [0.2, 0.25) is 0 Å². The molecular formula is C54H83NO11. The second-order valence-corrected chi connectivity index (χ2v) is 17.1. The number of carbonyl (C=O) groups is 3. The van der Waals surface area contributed by atoms with E-state index >= 15 is 0 Å². The van der Waals surface area contributed by atoms with Gasteiger partial charge < -0.3 is 44.7 Å². The SMILES string of the molecule is CCCCCCCCCCCC=CC=CC=CC(=O)OCC(CO[C@@]1(NC(=O)CC)O[C@H](Cc2ccc(O)cc2)[C@@H](O)[C@H](O)[C@H]1O)OC(=O)C=CC=CC=CCCCCCCCCCCC. The van der Waals surface area contributed by atoms with E-state index in [0.29, 0.717) is 5.56 Å². The number of unbranched alkanes of at least 4 members (excludes halogenated alkanes) is 18. The number of ether oxygens (including phenoxy) is 4. The van der Waals surface area contributed by atoms with Crippen LogP contribution in [0.25, 0.3) is 0 Å². The molecule has 1 amide bonds. The molecule has 0 aromatic heterocycles. The minimum absolute atomic E-state index is 0.00298. The molecule has 1 unspecified atom stereocenters. The first-order valence-electron chi connectivity index (χ1n) is 24.9. The molecule has 1 aromatic rings. The molecule has 12 nitrogen and oxygen atoms in total. The first-order valence-corrected chi connectivity index (χ1v) is 24.9. The van der Waals surface area contributed by atoms with Crippen molar-refractivity contribution in [3.8, 4) is 5.75 Å². The van der Waals surface area contributed by atoms with Gasteiger partial charge in [-0.1, -0.05) is 196 Å². The standard InChI is InChI=1S/C54H83NO11/c1-4-7-9-11-13-15-17-19-21-23-25-27-29-31-33-35-49(58)63-42-46(65-50(59)36-34-32-30-28-26-24-22-20-18-16-14-12-10-8-5-2)43-64-54(55-48(57)6-3)53(62)52(61)51(60)47(66-54)41-44-37-39-45(56)40-38-44/h25-40,46-47,51-53,56,60-62H,4-24,41-43H2,1-3H3,(H,55,57)/t46?,47-,51-,52+,53-,54-/m1/s1. The van der Waals surface area contributed by atoms with E-state index in [0.717, 1.165) is 25.7 Å².